The van der Waals surface area contributed by atoms with E-state index in [0.717, 1.165) is 17.1 Å². The van der Waals surface area contributed by atoms with Crippen LogP contribution >= 0.6 is 0 Å². The summed E-state index contributed by atoms with van der Waals surface area (Å²) in [5.41, 5.74) is 21.3. The third-order valence-corrected chi connectivity index (χ3v) is 13.6. The monoisotopic (exact) mass is 789 g/mol. The maximum absolute atomic E-state index is 2.50. The SMILES string of the molecule is CC(C)(C)c1cc2c(c(C(C)(C)C)c1)C(C)(C)c1ccc(N(c3ccc(-c4ccccc4)cc3)c3cccc(C4(c5ccccc5)c5ccccc5-c5ccccc54)c3)cc1-2. The smallest absolute Gasteiger partial charge is 0.0714 e. The Morgan fingerprint density at radius 2 is 0.918 bits per heavy atom. The Labute approximate surface area is 363 Å². The topological polar surface area (TPSA) is 3.24 Å². The van der Waals surface area contributed by atoms with E-state index in [9.17, 15) is 0 Å². The predicted molar refractivity (Wildman–Crippen MR) is 259 cm³/mol. The molecule has 1 heteroatoms. The van der Waals surface area contributed by atoms with Gasteiger partial charge in [0.05, 0.1) is 5.41 Å². The molecule has 1 nitrogen and oxygen atoms in total. The molecule has 0 radical (unpaired) electrons. The highest BCUT2D eigenvalue weighted by Crippen LogP contribution is 2.58. The first-order valence-electron chi connectivity index (χ1n) is 21.9. The summed E-state index contributed by atoms with van der Waals surface area (Å²) in [4.78, 5) is 2.48. The summed E-state index contributed by atoms with van der Waals surface area (Å²) in [7, 11) is 0. The molecule has 0 N–H and O–H groups in total. The Bertz CT molecular complexity index is 2890. The fourth-order valence-electron chi connectivity index (χ4n) is 10.6. The molecule has 0 bridgehead atoms. The van der Waals surface area contributed by atoms with Crippen LogP contribution in [0.2, 0.25) is 0 Å². The molecule has 0 spiro atoms. The molecule has 2 aliphatic carbocycles. The molecule has 0 saturated carbocycles. The number of rotatable bonds is 6. The van der Waals surface area contributed by atoms with Crippen LogP contribution in [0.4, 0.5) is 17.1 Å². The molecular formula is C60H55N. The van der Waals surface area contributed by atoms with Gasteiger partial charge in [0.25, 0.3) is 0 Å². The lowest BCUT2D eigenvalue weighted by Gasteiger charge is -2.35. The van der Waals surface area contributed by atoms with Gasteiger partial charge in [-0.3, -0.25) is 0 Å². The van der Waals surface area contributed by atoms with Crippen LogP contribution in [0.25, 0.3) is 33.4 Å². The van der Waals surface area contributed by atoms with Gasteiger partial charge in [-0.25, -0.2) is 0 Å². The number of hydrogen-bond donors (Lipinski definition) is 0. The highest BCUT2D eigenvalue weighted by molar-refractivity contribution is 5.90. The van der Waals surface area contributed by atoms with Crippen molar-refractivity contribution < 1.29 is 0 Å². The second-order valence-electron chi connectivity index (χ2n) is 19.8. The Morgan fingerprint density at radius 3 is 1.54 bits per heavy atom. The summed E-state index contributed by atoms with van der Waals surface area (Å²) >= 11 is 0. The lowest BCUT2D eigenvalue weighted by atomic mass is 9.67. The second kappa shape index (κ2) is 14.1. The van der Waals surface area contributed by atoms with Crippen molar-refractivity contribution in [3.05, 3.63) is 233 Å². The Balaban J connectivity index is 1.22. The zero-order valence-corrected chi connectivity index (χ0v) is 36.8. The van der Waals surface area contributed by atoms with E-state index >= 15 is 0 Å². The van der Waals surface area contributed by atoms with Crippen LogP contribution in [-0.2, 0) is 21.7 Å². The molecule has 0 aromatic heterocycles. The zero-order chi connectivity index (χ0) is 42.3. The van der Waals surface area contributed by atoms with Gasteiger partial charge >= 0.3 is 0 Å². The van der Waals surface area contributed by atoms with E-state index in [4.69, 9.17) is 0 Å². The first-order chi connectivity index (χ1) is 29.3. The first-order valence-corrected chi connectivity index (χ1v) is 21.9. The average molecular weight is 790 g/mol. The Hall–Kier alpha value is -6.44. The summed E-state index contributed by atoms with van der Waals surface area (Å²) < 4.78 is 0. The molecule has 0 unspecified atom stereocenters. The average Bonchev–Trinajstić information content (AvgIpc) is 3.69. The van der Waals surface area contributed by atoms with Gasteiger partial charge in [0.2, 0.25) is 0 Å². The largest absolute Gasteiger partial charge is 0.310 e. The molecule has 2 aliphatic rings. The van der Waals surface area contributed by atoms with E-state index in [1.165, 1.54) is 77.9 Å². The number of nitrogens with zero attached hydrogens (tertiary/aromatic N) is 1. The van der Waals surface area contributed by atoms with Gasteiger partial charge in [-0.2, -0.15) is 0 Å². The van der Waals surface area contributed by atoms with Crippen LogP contribution in [0.1, 0.15) is 99.9 Å². The third kappa shape index (κ3) is 6.12. The van der Waals surface area contributed by atoms with Crippen LogP contribution in [-0.4, -0.2) is 0 Å². The molecule has 0 amide bonds. The normalized spacial score (nSPS) is 14.5. The Kier molecular flexibility index (Phi) is 8.93. The van der Waals surface area contributed by atoms with Gasteiger partial charge in [0, 0.05) is 22.5 Å². The van der Waals surface area contributed by atoms with Crippen molar-refractivity contribution in [2.75, 3.05) is 4.90 Å². The fraction of sp³-hybridized carbons (Fsp3) is 0.200. The lowest BCUT2D eigenvalue weighted by molar-refractivity contribution is 0.545. The van der Waals surface area contributed by atoms with Gasteiger partial charge in [-0.05, 0) is 125 Å². The quantitative estimate of drug-likeness (QED) is 0.162. The molecule has 10 rings (SSSR count). The Morgan fingerprint density at radius 1 is 0.377 bits per heavy atom. The fourth-order valence-corrected chi connectivity index (χ4v) is 10.6. The number of anilines is 3. The minimum absolute atomic E-state index is 0.00729. The van der Waals surface area contributed by atoms with Crippen LogP contribution in [0.5, 0.6) is 0 Å². The molecule has 8 aromatic rings. The van der Waals surface area contributed by atoms with E-state index in [-0.39, 0.29) is 16.2 Å². The minimum Gasteiger partial charge on any atom is -0.310 e. The summed E-state index contributed by atoms with van der Waals surface area (Å²) in [6, 6.07) is 70.6. The van der Waals surface area contributed by atoms with Crippen molar-refractivity contribution in [2.24, 2.45) is 0 Å². The number of benzene rings is 8. The summed E-state index contributed by atoms with van der Waals surface area (Å²) in [5, 5.41) is 0. The van der Waals surface area contributed by atoms with Crippen LogP contribution in [0.15, 0.2) is 188 Å². The number of hydrogen-bond acceptors (Lipinski definition) is 1. The van der Waals surface area contributed by atoms with Gasteiger partial charge in [0.15, 0.2) is 0 Å². The van der Waals surface area contributed by atoms with Gasteiger partial charge in [0.1, 0.15) is 0 Å². The van der Waals surface area contributed by atoms with Gasteiger partial charge < -0.3 is 4.90 Å². The maximum Gasteiger partial charge on any atom is 0.0714 e. The van der Waals surface area contributed by atoms with Gasteiger partial charge in [-0.15, -0.1) is 0 Å². The number of fused-ring (bicyclic) bond motifs is 6. The van der Waals surface area contributed by atoms with Crippen molar-refractivity contribution in [1.82, 2.24) is 0 Å². The standard InChI is InChI=1S/C60H55N/c1-57(2,3)44-37-51-50-39-47(34-35-52(50)59(7,8)56(51)55(38-44)58(4,5)6)61(45-32-30-41(31-33-45)40-20-11-9-12-21-40)46-25-19-24-43(36-46)60(42-22-13-10-14-23-42)53-28-17-15-26-48(53)49-27-16-18-29-54(49)60/h9-39H,1-8H3. The van der Waals surface area contributed by atoms with E-state index < -0.39 is 5.41 Å². The van der Waals surface area contributed by atoms with Crippen molar-refractivity contribution in [3.8, 4) is 33.4 Å². The molecule has 0 heterocycles. The van der Waals surface area contributed by atoms with E-state index in [1.54, 1.807) is 0 Å². The molecular weight excluding hydrogens is 735 g/mol. The van der Waals surface area contributed by atoms with E-state index in [2.05, 4.69) is 248 Å². The van der Waals surface area contributed by atoms with Crippen molar-refractivity contribution in [1.29, 1.82) is 0 Å². The second-order valence-corrected chi connectivity index (χ2v) is 19.8. The highest BCUT2D eigenvalue weighted by atomic mass is 15.1. The van der Waals surface area contributed by atoms with Crippen LogP contribution in [0, 0.1) is 0 Å². The highest BCUT2D eigenvalue weighted by Gasteiger charge is 2.46. The molecule has 8 aromatic carbocycles. The molecule has 0 aliphatic heterocycles. The molecule has 0 saturated heterocycles. The van der Waals surface area contributed by atoms with E-state index in [1.807, 2.05) is 0 Å². The first kappa shape index (κ1) is 38.7. The summed E-state index contributed by atoms with van der Waals surface area (Å²) in [5.74, 6) is 0. The van der Waals surface area contributed by atoms with Crippen LogP contribution in [0.3, 0.4) is 0 Å². The van der Waals surface area contributed by atoms with Gasteiger partial charge in [-0.1, -0.05) is 207 Å². The summed E-state index contributed by atoms with van der Waals surface area (Å²) in [6.07, 6.45) is 0. The van der Waals surface area contributed by atoms with Crippen molar-refractivity contribution in [3.63, 3.8) is 0 Å². The van der Waals surface area contributed by atoms with Crippen molar-refractivity contribution in [2.45, 2.75) is 77.0 Å². The minimum atomic E-state index is -0.499. The zero-order valence-electron chi connectivity index (χ0n) is 36.8. The third-order valence-electron chi connectivity index (χ3n) is 13.6. The predicted octanol–water partition coefficient (Wildman–Crippen LogP) is 16.1. The molecule has 0 fully saturated rings. The molecule has 61 heavy (non-hydrogen) atoms. The van der Waals surface area contributed by atoms with Crippen molar-refractivity contribution >= 4 is 17.1 Å². The van der Waals surface area contributed by atoms with Crippen LogP contribution < -0.4 is 4.90 Å². The van der Waals surface area contributed by atoms with E-state index in [0.29, 0.717) is 0 Å². The summed E-state index contributed by atoms with van der Waals surface area (Å²) in [6.45, 7) is 19.0. The molecule has 0 atom stereocenters. The molecule has 300 valence electrons. The maximum atomic E-state index is 2.50. The lowest BCUT2D eigenvalue weighted by Crippen LogP contribution is -2.28.